The highest BCUT2D eigenvalue weighted by molar-refractivity contribution is 6.34. The third kappa shape index (κ3) is 6.13. The number of nitriles is 1. The van der Waals surface area contributed by atoms with E-state index in [4.69, 9.17) is 13.8 Å². The molecule has 0 fully saturated rings. The molecule has 0 aliphatic heterocycles. The van der Waals surface area contributed by atoms with Gasteiger partial charge in [0, 0.05) is 76.9 Å². The van der Waals surface area contributed by atoms with Crippen molar-refractivity contribution >= 4 is 60.5 Å². The molecule has 0 spiro atoms. The summed E-state index contributed by atoms with van der Waals surface area (Å²) in [5.41, 5.74) is 7.92. The molecule has 49 heavy (non-hydrogen) atoms. The maximum absolute atomic E-state index is 9.39. The van der Waals surface area contributed by atoms with E-state index in [2.05, 4.69) is 90.6 Å². The zero-order chi connectivity index (χ0) is 33.7. The van der Waals surface area contributed by atoms with Crippen LogP contribution in [0.4, 0.5) is 5.69 Å². The van der Waals surface area contributed by atoms with Crippen molar-refractivity contribution in [1.29, 1.82) is 5.26 Å². The van der Waals surface area contributed by atoms with Crippen molar-refractivity contribution in [1.82, 2.24) is 9.55 Å². The van der Waals surface area contributed by atoms with Crippen LogP contribution in [0.15, 0.2) is 75.6 Å². The second-order valence-corrected chi connectivity index (χ2v) is 13.0. The minimum Gasteiger partial charge on any atom is -0.452 e. The Bertz CT molecular complexity index is 2350. The van der Waals surface area contributed by atoms with E-state index < -0.39 is 0 Å². The van der Waals surface area contributed by atoms with Crippen molar-refractivity contribution in [3.8, 4) is 29.4 Å². The van der Waals surface area contributed by atoms with Gasteiger partial charge in [-0.1, -0.05) is 51.8 Å². The molecule has 6 heteroatoms. The summed E-state index contributed by atoms with van der Waals surface area (Å²) in [4.78, 5) is 7.67. The summed E-state index contributed by atoms with van der Waals surface area (Å²) in [6.45, 7) is 9.58. The van der Waals surface area contributed by atoms with E-state index in [0.717, 1.165) is 121 Å². The molecule has 7 aromatic rings. The van der Waals surface area contributed by atoms with Gasteiger partial charge in [-0.3, -0.25) is 0 Å². The topological polar surface area (TPSA) is 71.1 Å². The van der Waals surface area contributed by atoms with E-state index >= 15 is 0 Å². The Morgan fingerprint density at radius 3 is 2.29 bits per heavy atom. The van der Waals surface area contributed by atoms with E-state index in [-0.39, 0.29) is 0 Å². The van der Waals surface area contributed by atoms with Gasteiger partial charge in [0.15, 0.2) is 5.58 Å². The van der Waals surface area contributed by atoms with E-state index in [9.17, 15) is 5.26 Å². The molecule has 0 aliphatic carbocycles. The second-order valence-electron chi connectivity index (χ2n) is 13.0. The number of para-hydroxylation sites is 1. The lowest BCUT2D eigenvalue weighted by Gasteiger charge is -2.24. The number of oxazole rings is 1. The first-order chi connectivity index (χ1) is 24.2. The van der Waals surface area contributed by atoms with Gasteiger partial charge < -0.3 is 18.3 Å². The van der Waals surface area contributed by atoms with Crippen LogP contribution in [0.3, 0.4) is 0 Å². The summed E-state index contributed by atoms with van der Waals surface area (Å²) < 4.78 is 15.9. The van der Waals surface area contributed by atoms with Crippen LogP contribution in [-0.4, -0.2) is 22.6 Å². The van der Waals surface area contributed by atoms with Gasteiger partial charge in [0.05, 0.1) is 17.1 Å². The molecule has 0 saturated heterocycles. The van der Waals surface area contributed by atoms with Gasteiger partial charge in [-0.2, -0.15) is 5.26 Å². The Labute approximate surface area is 288 Å². The summed E-state index contributed by atoms with van der Waals surface area (Å²) in [6, 6.07) is 25.0. The molecule has 7 rings (SSSR count). The van der Waals surface area contributed by atoms with E-state index in [1.54, 1.807) is 12.1 Å². The summed E-state index contributed by atoms with van der Waals surface area (Å²) >= 11 is 0. The number of rotatable bonds is 13. The number of nitrogens with zero attached hydrogens (tertiary/aromatic N) is 4. The molecular weight excluding hydrogens is 604 g/mol. The number of unbranched alkanes of at least 4 members (excludes halogenated alkanes) is 5. The van der Waals surface area contributed by atoms with Gasteiger partial charge in [-0.15, -0.1) is 11.8 Å². The third-order valence-electron chi connectivity index (χ3n) is 9.57. The molecule has 0 saturated carbocycles. The molecule has 0 amide bonds. The number of anilines is 1. The van der Waals surface area contributed by atoms with E-state index in [0.29, 0.717) is 17.0 Å². The monoisotopic (exact) mass is 648 g/mol. The van der Waals surface area contributed by atoms with Gasteiger partial charge >= 0.3 is 0 Å². The fourth-order valence-electron chi connectivity index (χ4n) is 7.02. The first-order valence-electron chi connectivity index (χ1n) is 18.1. The Balaban J connectivity index is 1.46. The van der Waals surface area contributed by atoms with Crippen LogP contribution in [0.5, 0.6) is 0 Å². The van der Waals surface area contributed by atoms with Gasteiger partial charge in [0.1, 0.15) is 11.1 Å². The average molecular weight is 649 g/mol. The fourth-order valence-corrected chi connectivity index (χ4v) is 7.02. The second kappa shape index (κ2) is 14.5. The number of fused-ring (bicyclic) bond motifs is 10. The van der Waals surface area contributed by atoms with E-state index in [1.165, 1.54) is 16.6 Å². The highest BCUT2D eigenvalue weighted by atomic mass is 16.4. The van der Waals surface area contributed by atoms with Gasteiger partial charge in [0.2, 0.25) is 11.5 Å². The quantitative estimate of drug-likeness (QED) is 0.0919. The molecule has 0 unspecified atom stereocenters. The molecule has 6 nitrogen and oxygen atoms in total. The number of aryl methyl sites for hydroxylation is 1. The lowest BCUT2D eigenvalue weighted by Crippen LogP contribution is -2.25. The van der Waals surface area contributed by atoms with E-state index in [1.807, 2.05) is 12.1 Å². The smallest absolute Gasteiger partial charge is 0.227 e. The molecular formula is C43H44N4O2. The van der Waals surface area contributed by atoms with Crippen LogP contribution in [0, 0.1) is 23.2 Å². The Hall–Kier alpha value is -5.20. The van der Waals surface area contributed by atoms with Crippen LogP contribution >= 0.6 is 0 Å². The average Bonchev–Trinajstić information content (AvgIpc) is 3.83. The zero-order valence-corrected chi connectivity index (χ0v) is 28.9. The molecule has 0 bridgehead atoms. The van der Waals surface area contributed by atoms with Crippen LogP contribution in [0.2, 0.25) is 0 Å². The summed E-state index contributed by atoms with van der Waals surface area (Å²) in [5.74, 6) is 7.16. The number of aromatic nitrogens is 2. The summed E-state index contributed by atoms with van der Waals surface area (Å²) in [7, 11) is 0. The molecule has 0 radical (unpaired) electrons. The van der Waals surface area contributed by atoms with Crippen molar-refractivity contribution in [3.05, 3.63) is 72.3 Å². The van der Waals surface area contributed by atoms with Crippen LogP contribution in [-0.2, 0) is 6.54 Å². The SMILES string of the molecule is CCCC#CCCCCn1c2ccccc2c2c3c4ccc(N(CCCC)CCCC)cc4oc3c3oc(-c4ccc(C#N)cc4)nc3c21. The lowest BCUT2D eigenvalue weighted by atomic mass is 10.0. The fraction of sp³-hybridized carbons (Fsp3) is 0.349. The Morgan fingerprint density at radius 2 is 1.53 bits per heavy atom. The minimum absolute atomic E-state index is 0.516. The van der Waals surface area contributed by atoms with Crippen molar-refractivity contribution in [2.45, 2.75) is 85.1 Å². The standard InChI is InChI=1S/C43H44N4O2/c1-4-7-10-11-12-13-16-27-47-35-18-15-14-17-33(35)37-38-34-24-23-32(46(25-8-5-2)26-9-6-3)28-36(34)48-41(38)42-39(40(37)47)45-43(49-42)31-21-19-30(29-44)20-22-31/h14-15,17-24,28H,4-9,12-13,16,25-27H2,1-3H3. The maximum atomic E-state index is 9.39. The normalized spacial score (nSPS) is 11.6. The van der Waals surface area contributed by atoms with Gasteiger partial charge in [-0.25, -0.2) is 4.98 Å². The number of hydrogen-bond acceptors (Lipinski definition) is 5. The van der Waals surface area contributed by atoms with Crippen LogP contribution in [0.1, 0.15) is 84.1 Å². The predicted molar refractivity (Wildman–Crippen MR) is 203 cm³/mol. The van der Waals surface area contributed by atoms with Crippen LogP contribution in [0.25, 0.3) is 66.3 Å². The van der Waals surface area contributed by atoms with Crippen LogP contribution < -0.4 is 4.90 Å². The number of hydrogen-bond donors (Lipinski definition) is 0. The van der Waals surface area contributed by atoms with Gasteiger partial charge in [0.25, 0.3) is 0 Å². The summed E-state index contributed by atoms with van der Waals surface area (Å²) in [6.07, 6.45) is 9.65. The van der Waals surface area contributed by atoms with Crippen molar-refractivity contribution in [2.24, 2.45) is 0 Å². The van der Waals surface area contributed by atoms with Crippen molar-refractivity contribution in [3.63, 3.8) is 0 Å². The first-order valence-corrected chi connectivity index (χ1v) is 18.1. The predicted octanol–water partition coefficient (Wildman–Crippen LogP) is 11.8. The molecule has 3 heterocycles. The molecule has 0 N–H and O–H groups in total. The molecule has 4 aromatic carbocycles. The number of benzene rings is 4. The largest absolute Gasteiger partial charge is 0.452 e. The summed E-state index contributed by atoms with van der Waals surface area (Å²) in [5, 5.41) is 13.9. The van der Waals surface area contributed by atoms with Gasteiger partial charge in [-0.05, 0) is 74.6 Å². The first kappa shape index (κ1) is 32.4. The molecule has 0 atom stereocenters. The van der Waals surface area contributed by atoms with Crippen molar-refractivity contribution in [2.75, 3.05) is 18.0 Å². The zero-order valence-electron chi connectivity index (χ0n) is 28.9. The number of furan rings is 1. The van der Waals surface area contributed by atoms with Crippen molar-refractivity contribution < 1.29 is 8.83 Å². The minimum atomic E-state index is 0.516. The molecule has 248 valence electrons. The third-order valence-corrected chi connectivity index (χ3v) is 9.57. The Kier molecular flexibility index (Phi) is 9.58. The lowest BCUT2D eigenvalue weighted by molar-refractivity contribution is 0.603. The molecule has 0 aliphatic rings. The highest BCUT2D eigenvalue weighted by Crippen LogP contribution is 2.46. The maximum Gasteiger partial charge on any atom is 0.227 e. The Morgan fingerprint density at radius 1 is 0.755 bits per heavy atom. The molecule has 3 aromatic heterocycles. The highest BCUT2D eigenvalue weighted by Gasteiger charge is 2.26.